The Balaban J connectivity index is 2.11. The number of nitrogens with two attached hydrogens (primary N) is 1. The van der Waals surface area contributed by atoms with E-state index < -0.39 is 76.1 Å². The van der Waals surface area contributed by atoms with Gasteiger partial charge in [0.15, 0.2) is 28.7 Å². The number of primary amides is 1. The number of hydrogen-bond donors (Lipinski definition) is 2. The molecule has 0 aliphatic carbocycles. The second-order valence-electron chi connectivity index (χ2n) is 7.82. The van der Waals surface area contributed by atoms with E-state index in [9.17, 15) is 35.9 Å². The molecule has 0 spiro atoms. The van der Waals surface area contributed by atoms with E-state index in [1.165, 1.54) is 0 Å². The number of nitrogens with zero attached hydrogens (tertiary/aromatic N) is 1. The summed E-state index contributed by atoms with van der Waals surface area (Å²) in [5.74, 6) is -10.2. The summed E-state index contributed by atoms with van der Waals surface area (Å²) in [7, 11) is 0.984. The maximum Gasteiger partial charge on any atom is 0.417 e. The van der Waals surface area contributed by atoms with Crippen molar-refractivity contribution in [2.45, 2.75) is 37.6 Å². The van der Waals surface area contributed by atoms with Crippen molar-refractivity contribution in [1.29, 1.82) is 0 Å². The minimum atomic E-state index is -4.97. The third-order valence-corrected chi connectivity index (χ3v) is 5.95. The van der Waals surface area contributed by atoms with Crippen LogP contribution >= 0.6 is 0 Å². The number of nitrogens with one attached hydrogen (secondary N) is 1. The monoisotopic (exact) mass is 491 g/mol. The lowest BCUT2D eigenvalue weighted by molar-refractivity contribution is -0.272. The largest absolute Gasteiger partial charge is 0.493 e. The molecule has 184 valence electrons. The third kappa shape index (κ3) is 4.04. The van der Waals surface area contributed by atoms with Gasteiger partial charge in [0.05, 0.1) is 12.8 Å². The zero-order valence-electron chi connectivity index (χ0n) is 18.0. The smallest absolute Gasteiger partial charge is 0.417 e. The van der Waals surface area contributed by atoms with Gasteiger partial charge in [-0.3, -0.25) is 9.59 Å². The van der Waals surface area contributed by atoms with Gasteiger partial charge in [-0.2, -0.15) is 17.6 Å². The van der Waals surface area contributed by atoms with Gasteiger partial charge in [-0.15, -0.1) is 0 Å². The summed E-state index contributed by atoms with van der Waals surface area (Å²) in [4.78, 5) is 27.8. The van der Waals surface area contributed by atoms with E-state index in [1.807, 2.05) is 0 Å². The summed E-state index contributed by atoms with van der Waals surface area (Å²) in [6.07, 6.45) is -5.95. The first-order valence-electron chi connectivity index (χ1n) is 9.76. The molecule has 1 aromatic heterocycles. The normalized spacial score (nSPS) is 24.7. The molecule has 7 nitrogen and oxygen atoms in total. The van der Waals surface area contributed by atoms with Crippen molar-refractivity contribution in [3.63, 3.8) is 0 Å². The van der Waals surface area contributed by atoms with Crippen molar-refractivity contribution < 1.29 is 45.4 Å². The molecule has 13 heteroatoms. The Morgan fingerprint density at radius 2 is 1.82 bits per heavy atom. The maximum absolute atomic E-state index is 14.5. The molecule has 0 saturated carbocycles. The Morgan fingerprint density at radius 1 is 1.18 bits per heavy atom. The molecule has 0 unspecified atom stereocenters. The van der Waals surface area contributed by atoms with Crippen molar-refractivity contribution >= 4 is 17.5 Å². The molecule has 0 radical (unpaired) electrons. The van der Waals surface area contributed by atoms with Crippen molar-refractivity contribution in [3.05, 3.63) is 53.1 Å². The van der Waals surface area contributed by atoms with E-state index in [4.69, 9.17) is 15.2 Å². The second-order valence-corrected chi connectivity index (χ2v) is 7.82. The van der Waals surface area contributed by atoms with E-state index in [2.05, 4.69) is 10.3 Å². The fourth-order valence-electron chi connectivity index (χ4n) is 3.96. The molecule has 1 saturated heterocycles. The van der Waals surface area contributed by atoms with Crippen LogP contribution in [-0.4, -0.2) is 41.8 Å². The van der Waals surface area contributed by atoms with Gasteiger partial charge in [-0.1, -0.05) is 13.0 Å². The predicted octanol–water partition coefficient (Wildman–Crippen LogP) is 3.68. The molecule has 4 atom stereocenters. The number of rotatable bonds is 5. The van der Waals surface area contributed by atoms with Gasteiger partial charge in [0.25, 0.3) is 11.8 Å². The molecule has 1 aliphatic rings. The number of aromatic nitrogens is 1. The first-order valence-corrected chi connectivity index (χ1v) is 9.76. The van der Waals surface area contributed by atoms with Crippen LogP contribution in [0, 0.1) is 23.4 Å². The lowest BCUT2D eigenvalue weighted by Crippen LogP contribution is -2.47. The minimum absolute atomic E-state index is 0.255. The Bertz CT molecular complexity index is 1140. The number of methoxy groups -OCH3 is 1. The Morgan fingerprint density at radius 3 is 2.38 bits per heavy atom. The Hall–Kier alpha value is -3.35. The van der Waals surface area contributed by atoms with Crippen LogP contribution in [0.1, 0.15) is 35.8 Å². The number of carbonyl (C=O) groups is 2. The number of pyridine rings is 1. The summed E-state index contributed by atoms with van der Waals surface area (Å²) in [5, 5.41) is 2.06. The topological polar surface area (TPSA) is 104 Å². The first-order chi connectivity index (χ1) is 15.7. The van der Waals surface area contributed by atoms with Crippen LogP contribution < -0.4 is 15.8 Å². The van der Waals surface area contributed by atoms with E-state index >= 15 is 0 Å². The van der Waals surface area contributed by atoms with Gasteiger partial charge < -0.3 is 20.5 Å². The standard InChI is InChI=1S/C21H19F6N3O4/c1-8-12(9-4-5-10(22)13(23)16(9)33-3)17(34-20(8,2)21(25,26)27)19(32)30-11-6-7-29-15(14(11)24)18(28)31/h4-8,12,17H,1-3H3,(H2,28,31)(H,29,30,32)/t8-,12+,17+,20+/m1/s1. The Labute approximate surface area is 189 Å². The van der Waals surface area contributed by atoms with Crippen LogP contribution in [-0.2, 0) is 9.53 Å². The number of alkyl halides is 3. The summed E-state index contributed by atoms with van der Waals surface area (Å²) in [6.45, 7) is 1.84. The number of hydrogen-bond acceptors (Lipinski definition) is 5. The summed E-state index contributed by atoms with van der Waals surface area (Å²) in [5.41, 5.74) is 0.468. The molecule has 1 aliphatic heterocycles. The van der Waals surface area contributed by atoms with E-state index in [0.29, 0.717) is 13.0 Å². The van der Waals surface area contributed by atoms with Gasteiger partial charge in [-0.25, -0.2) is 13.8 Å². The van der Waals surface area contributed by atoms with Gasteiger partial charge in [-0.05, 0) is 19.1 Å². The molecule has 2 amide bonds. The molecule has 3 rings (SSSR count). The average Bonchev–Trinajstić information content (AvgIpc) is 3.03. The predicted molar refractivity (Wildman–Crippen MR) is 105 cm³/mol. The molecule has 2 aromatic rings. The van der Waals surface area contributed by atoms with Gasteiger partial charge >= 0.3 is 6.18 Å². The highest BCUT2D eigenvalue weighted by Crippen LogP contribution is 2.55. The Kier molecular flexibility index (Phi) is 6.53. The first kappa shape index (κ1) is 25.3. The second kappa shape index (κ2) is 8.78. The van der Waals surface area contributed by atoms with E-state index in [-0.39, 0.29) is 5.56 Å². The summed E-state index contributed by atoms with van der Waals surface area (Å²) >= 11 is 0. The summed E-state index contributed by atoms with van der Waals surface area (Å²) in [6, 6.07) is 2.62. The van der Waals surface area contributed by atoms with Crippen LogP contribution in [0.15, 0.2) is 24.4 Å². The lowest BCUT2D eigenvalue weighted by Gasteiger charge is -2.32. The van der Waals surface area contributed by atoms with Crippen molar-refractivity contribution in [3.8, 4) is 5.75 Å². The van der Waals surface area contributed by atoms with Crippen molar-refractivity contribution in [2.24, 2.45) is 11.7 Å². The highest BCUT2D eigenvalue weighted by molar-refractivity contribution is 5.97. The fraction of sp³-hybridized carbons (Fsp3) is 0.381. The molecule has 34 heavy (non-hydrogen) atoms. The molecular weight excluding hydrogens is 472 g/mol. The zero-order chi connectivity index (χ0) is 25.6. The van der Waals surface area contributed by atoms with Crippen LogP contribution in [0.4, 0.5) is 32.0 Å². The summed E-state index contributed by atoms with van der Waals surface area (Å²) < 4.78 is 94.5. The van der Waals surface area contributed by atoms with Crippen LogP contribution in [0.5, 0.6) is 5.75 Å². The quantitative estimate of drug-likeness (QED) is 0.622. The molecular formula is C21H19F6N3O4. The van der Waals surface area contributed by atoms with Gasteiger partial charge in [0, 0.05) is 23.6 Å². The average molecular weight is 491 g/mol. The van der Waals surface area contributed by atoms with Crippen LogP contribution in [0.2, 0.25) is 0 Å². The van der Waals surface area contributed by atoms with Crippen LogP contribution in [0.25, 0.3) is 0 Å². The molecule has 0 bridgehead atoms. The minimum Gasteiger partial charge on any atom is -0.493 e. The third-order valence-electron chi connectivity index (χ3n) is 5.95. The number of ether oxygens (including phenoxy) is 2. The fourth-order valence-corrected chi connectivity index (χ4v) is 3.96. The lowest BCUT2D eigenvalue weighted by atomic mass is 9.77. The van der Waals surface area contributed by atoms with E-state index in [1.54, 1.807) is 0 Å². The van der Waals surface area contributed by atoms with Gasteiger partial charge in [0.2, 0.25) is 5.82 Å². The number of halogens is 6. The molecule has 1 fully saturated rings. The molecule has 2 heterocycles. The van der Waals surface area contributed by atoms with Crippen molar-refractivity contribution in [2.75, 3.05) is 12.4 Å². The molecule has 3 N–H and O–H groups in total. The number of carbonyl (C=O) groups excluding carboxylic acids is 2. The number of amides is 2. The maximum atomic E-state index is 14.5. The highest BCUT2D eigenvalue weighted by atomic mass is 19.4. The van der Waals surface area contributed by atoms with Crippen LogP contribution in [0.3, 0.4) is 0 Å². The van der Waals surface area contributed by atoms with Crippen molar-refractivity contribution in [1.82, 2.24) is 4.98 Å². The zero-order valence-corrected chi connectivity index (χ0v) is 18.0. The highest BCUT2D eigenvalue weighted by Gasteiger charge is 2.66. The SMILES string of the molecule is COc1c([C@H]2[C@@H](C(=O)Nc3ccnc(C(N)=O)c3F)O[C@](C)(C(F)(F)F)[C@@H]2C)ccc(F)c1F. The molecule has 1 aromatic carbocycles. The van der Waals surface area contributed by atoms with E-state index in [0.717, 1.165) is 32.4 Å². The number of benzene rings is 1. The van der Waals surface area contributed by atoms with Gasteiger partial charge in [0.1, 0.15) is 6.10 Å². The number of anilines is 1.